The van der Waals surface area contributed by atoms with Crippen molar-refractivity contribution in [2.75, 3.05) is 26.2 Å². The van der Waals surface area contributed by atoms with E-state index < -0.39 is 143 Å². The van der Waals surface area contributed by atoms with Crippen LogP contribution in [0.2, 0.25) is 0 Å². The van der Waals surface area contributed by atoms with E-state index in [2.05, 4.69) is 47.9 Å². The second-order valence-corrected chi connectivity index (χ2v) is 26.4. The van der Waals surface area contributed by atoms with E-state index in [0.717, 1.165) is 0 Å². The zero-order valence-electron chi connectivity index (χ0n) is 54.6. The number of benzene rings is 2. The maximum atomic E-state index is 15.0. The van der Waals surface area contributed by atoms with Gasteiger partial charge in [-0.25, -0.2) is 0 Å². The van der Waals surface area contributed by atoms with Crippen LogP contribution in [-0.4, -0.2) is 167 Å². The summed E-state index contributed by atoms with van der Waals surface area (Å²) in [6.07, 6.45) is 2.36. The lowest BCUT2D eigenvalue weighted by molar-refractivity contribution is -0.143. The number of hydrogen-bond donors (Lipinski definition) is 11. The summed E-state index contributed by atoms with van der Waals surface area (Å²) < 4.78 is 0. The normalized spacial score (nSPS) is 26.5. The molecule has 2 aromatic carbocycles. The highest BCUT2D eigenvalue weighted by Gasteiger charge is 2.44. The Morgan fingerprint density at radius 3 is 0.956 bits per heavy atom. The molecule has 11 atom stereocenters. The SMILES string of the molecule is CC(C)C[C@@H]1NC(=O)[C@H](CCCN)NC(=O)[C@H](C(C)C)NC(=O)[C@@H]2CCCN2C(=O)[C@@H](Cc2ccccc2)NC(=O)[C@H](CC(C)C)NC(=O)[C@H](CCCN)NC(=O)[C@H](C(C)C)NC(=O)[C@@H]2CCCN2C(=O)[C@@H](Cc2ccccc2)NC(=O)[C@H](CC(C)C)NC1=O. The van der Waals surface area contributed by atoms with Crippen LogP contribution in [0.15, 0.2) is 60.7 Å². The molecule has 24 heteroatoms. The number of rotatable bonds is 18. The topological polar surface area (TPSA) is 355 Å². The predicted molar refractivity (Wildman–Crippen MR) is 342 cm³/mol. The second-order valence-electron chi connectivity index (χ2n) is 26.4. The van der Waals surface area contributed by atoms with E-state index in [0.29, 0.717) is 24.0 Å². The van der Waals surface area contributed by atoms with Crippen LogP contribution in [0.3, 0.4) is 0 Å². The Balaban J connectivity index is 1.60. The fourth-order valence-corrected chi connectivity index (χ4v) is 11.8. The van der Waals surface area contributed by atoms with Crippen LogP contribution in [-0.2, 0) is 65.6 Å². The predicted octanol–water partition coefficient (Wildman–Crippen LogP) is 1.76. The van der Waals surface area contributed by atoms with Crippen molar-refractivity contribution >= 4 is 65.0 Å². The van der Waals surface area contributed by atoms with Crippen LogP contribution in [0.25, 0.3) is 0 Å². The van der Waals surface area contributed by atoms with Gasteiger partial charge in [0.2, 0.25) is 65.0 Å². The van der Waals surface area contributed by atoms with Gasteiger partial charge in [0.1, 0.15) is 66.5 Å². The monoisotopic (exact) mass is 1250 g/mol. The molecule has 0 radical (unpaired) electrons. The van der Waals surface area contributed by atoms with Gasteiger partial charge in [-0.2, -0.15) is 0 Å². The van der Waals surface area contributed by atoms with Crippen molar-refractivity contribution in [2.45, 2.75) is 219 Å². The highest BCUT2D eigenvalue weighted by Crippen LogP contribution is 2.24. The first-order valence-electron chi connectivity index (χ1n) is 32.5. The zero-order chi connectivity index (χ0) is 66.4. The molecule has 0 aromatic heterocycles. The third-order valence-corrected chi connectivity index (χ3v) is 16.6. The molecule has 498 valence electrons. The minimum atomic E-state index is -1.24. The minimum absolute atomic E-state index is 0.00758. The van der Waals surface area contributed by atoms with Crippen molar-refractivity contribution in [1.82, 2.24) is 57.7 Å². The van der Waals surface area contributed by atoms with Crippen molar-refractivity contribution in [3.8, 4) is 0 Å². The van der Waals surface area contributed by atoms with Gasteiger partial charge in [-0.3, -0.25) is 52.7 Å². The van der Waals surface area contributed by atoms with E-state index in [-0.39, 0.29) is 115 Å². The molecule has 0 bridgehead atoms. The fourth-order valence-electron chi connectivity index (χ4n) is 11.8. The maximum absolute atomic E-state index is 15.0. The summed E-state index contributed by atoms with van der Waals surface area (Å²) in [5, 5.41) is 25.7. The van der Waals surface area contributed by atoms with Gasteiger partial charge in [0.25, 0.3) is 0 Å². The molecule has 0 spiro atoms. The zero-order valence-corrected chi connectivity index (χ0v) is 54.6. The summed E-state index contributed by atoms with van der Waals surface area (Å²) in [4.78, 5) is 164. The van der Waals surface area contributed by atoms with E-state index in [1.807, 2.05) is 53.7 Å². The maximum Gasteiger partial charge on any atom is 0.246 e. The quantitative estimate of drug-likeness (QED) is 0.102. The Morgan fingerprint density at radius 1 is 0.378 bits per heavy atom. The number of nitrogens with one attached hydrogen (secondary N) is 9. The van der Waals surface area contributed by atoms with Crippen LogP contribution < -0.4 is 59.3 Å². The largest absolute Gasteiger partial charge is 0.343 e. The van der Waals surface area contributed by atoms with E-state index in [1.54, 1.807) is 76.2 Å². The van der Waals surface area contributed by atoms with Gasteiger partial charge in [-0.1, -0.05) is 130 Å². The number of nitrogens with zero attached hydrogens (tertiary/aromatic N) is 2. The molecule has 3 saturated heterocycles. The molecule has 11 amide bonds. The van der Waals surface area contributed by atoms with Crippen LogP contribution in [0.5, 0.6) is 0 Å². The van der Waals surface area contributed by atoms with Crippen molar-refractivity contribution < 1.29 is 52.7 Å². The average molecular weight is 1250 g/mol. The average Bonchev–Trinajstić information content (AvgIpc) is 1.67. The first-order chi connectivity index (χ1) is 42.7. The third-order valence-electron chi connectivity index (χ3n) is 16.6. The van der Waals surface area contributed by atoms with E-state index in [1.165, 1.54) is 9.80 Å². The van der Waals surface area contributed by atoms with Gasteiger partial charge in [-0.05, 0) is 124 Å². The first-order valence-corrected chi connectivity index (χ1v) is 32.5. The summed E-state index contributed by atoms with van der Waals surface area (Å²) >= 11 is 0. The molecule has 3 aliphatic rings. The molecule has 0 unspecified atom stereocenters. The summed E-state index contributed by atoms with van der Waals surface area (Å²) in [5.74, 6) is -8.87. The van der Waals surface area contributed by atoms with E-state index >= 15 is 4.79 Å². The van der Waals surface area contributed by atoms with Crippen molar-refractivity contribution in [3.63, 3.8) is 0 Å². The van der Waals surface area contributed by atoms with Crippen molar-refractivity contribution in [3.05, 3.63) is 71.8 Å². The molecule has 90 heavy (non-hydrogen) atoms. The third kappa shape index (κ3) is 21.9. The first kappa shape index (κ1) is 73.3. The van der Waals surface area contributed by atoms with Crippen LogP contribution >= 0.6 is 0 Å². The molecule has 5 rings (SSSR count). The Bertz CT molecular complexity index is 2750. The smallest absolute Gasteiger partial charge is 0.246 e. The van der Waals surface area contributed by atoms with Gasteiger partial charge in [0, 0.05) is 25.9 Å². The van der Waals surface area contributed by atoms with Gasteiger partial charge in [-0.15, -0.1) is 0 Å². The summed E-state index contributed by atoms with van der Waals surface area (Å²) in [5.41, 5.74) is 13.3. The van der Waals surface area contributed by atoms with Crippen LogP contribution in [0.4, 0.5) is 0 Å². The number of carbonyl (C=O) groups is 11. The van der Waals surface area contributed by atoms with Gasteiger partial charge in [0.05, 0.1) is 0 Å². The number of hydrogen-bond acceptors (Lipinski definition) is 13. The Labute approximate surface area is 531 Å². The van der Waals surface area contributed by atoms with Gasteiger partial charge < -0.3 is 69.1 Å². The van der Waals surface area contributed by atoms with Crippen LogP contribution in [0.1, 0.15) is 151 Å². The number of carbonyl (C=O) groups excluding carboxylic acids is 11. The van der Waals surface area contributed by atoms with E-state index in [9.17, 15) is 47.9 Å². The summed E-state index contributed by atoms with van der Waals surface area (Å²) in [7, 11) is 0. The molecule has 2 aromatic rings. The second kappa shape index (κ2) is 35.8. The molecule has 3 aliphatic heterocycles. The van der Waals surface area contributed by atoms with Gasteiger partial charge >= 0.3 is 0 Å². The standard InChI is InChI=1S/C66H103N13O11/c1-38(2)33-47-58(82)73-49(35-40(5)6)60(84)75-51(37-44-23-15-12-16-24-44)66(90)79-32-20-28-53(79)62(86)77-55(42(9)10)64(88)70-46(26-18-30-68)57(81)72-48(34-39(3)4)59(83)74-50(36-43-21-13-11-14-22-43)65(89)78-31-19-27-52(78)61(85)76-54(41(7)8)63(87)69-45(25-17-29-67)56(80)71-47/h11-16,21-24,38-42,45-55H,17-20,25-37,67-68H2,1-10H3,(H,69,87)(H,70,88)(H,71,80)(H,72,81)(H,73,82)(H,74,83)(H,75,84)(H,76,85)(H,77,86)/t45-,46-,47-,48-,49-,50+,51+,52-,53-,54-,55-/m0/s1. The Kier molecular flexibility index (Phi) is 29.1. The molecule has 3 heterocycles. The van der Waals surface area contributed by atoms with E-state index in [4.69, 9.17) is 11.5 Å². The molecule has 13 N–H and O–H groups in total. The molecular formula is C66H103N13O11. The summed E-state index contributed by atoms with van der Waals surface area (Å²) in [6.45, 7) is 18.6. The lowest BCUT2D eigenvalue weighted by Gasteiger charge is -2.32. The highest BCUT2D eigenvalue weighted by atomic mass is 16.2. The molecule has 0 saturated carbocycles. The summed E-state index contributed by atoms with van der Waals surface area (Å²) in [6, 6.07) is 4.78. The number of fused-ring (bicyclic) bond motifs is 2. The number of nitrogens with two attached hydrogens (primary N) is 2. The highest BCUT2D eigenvalue weighted by molar-refractivity contribution is 6.00. The number of amides is 11. The minimum Gasteiger partial charge on any atom is -0.343 e. The molecule has 24 nitrogen and oxygen atoms in total. The van der Waals surface area contributed by atoms with Crippen LogP contribution in [0, 0.1) is 29.6 Å². The fraction of sp³-hybridized carbons (Fsp3) is 0.652. The Hall–Kier alpha value is -7.47. The lowest BCUT2D eigenvalue weighted by Crippen LogP contribution is -2.61. The lowest BCUT2D eigenvalue weighted by atomic mass is 9.98. The Morgan fingerprint density at radius 2 is 0.667 bits per heavy atom. The molecule has 3 fully saturated rings. The van der Waals surface area contributed by atoms with Gasteiger partial charge in [0.15, 0.2) is 0 Å². The molecular weight excluding hydrogens is 1150 g/mol. The van der Waals surface area contributed by atoms with Crippen molar-refractivity contribution in [1.29, 1.82) is 0 Å². The molecule has 0 aliphatic carbocycles. The van der Waals surface area contributed by atoms with Crippen molar-refractivity contribution in [2.24, 2.45) is 41.1 Å².